The van der Waals surface area contributed by atoms with E-state index < -0.39 is 11.7 Å². The van der Waals surface area contributed by atoms with Crippen LogP contribution in [-0.4, -0.2) is 43.1 Å². The molecule has 1 atom stereocenters. The number of halogens is 3. The third-order valence-electron chi connectivity index (χ3n) is 5.23. The van der Waals surface area contributed by atoms with Gasteiger partial charge in [0.1, 0.15) is 11.9 Å². The molecule has 1 fully saturated rings. The Morgan fingerprint density at radius 3 is 2.55 bits per heavy atom. The Labute approximate surface area is 167 Å². The maximum absolute atomic E-state index is 12.9. The predicted octanol–water partition coefficient (Wildman–Crippen LogP) is 4.22. The summed E-state index contributed by atoms with van der Waals surface area (Å²) in [5.74, 6) is 0.755. The molecule has 0 bridgehead atoms. The molecule has 4 rings (SSSR count). The molecule has 0 spiro atoms. The van der Waals surface area contributed by atoms with E-state index >= 15 is 0 Å². The lowest BCUT2D eigenvalue weighted by Crippen LogP contribution is -2.49. The van der Waals surface area contributed by atoms with Gasteiger partial charge in [-0.2, -0.15) is 13.2 Å². The molecule has 0 saturated carbocycles. The molecule has 7 heteroatoms. The van der Waals surface area contributed by atoms with Gasteiger partial charge in [0.2, 0.25) is 5.91 Å². The minimum Gasteiger partial charge on any atom is -0.485 e. The highest BCUT2D eigenvalue weighted by atomic mass is 19.4. The van der Waals surface area contributed by atoms with Crippen LogP contribution in [0.5, 0.6) is 5.75 Å². The van der Waals surface area contributed by atoms with Crippen LogP contribution in [0.1, 0.15) is 17.5 Å². The van der Waals surface area contributed by atoms with E-state index in [4.69, 9.17) is 4.74 Å². The van der Waals surface area contributed by atoms with Crippen LogP contribution in [0.25, 0.3) is 6.08 Å². The second-order valence-corrected chi connectivity index (χ2v) is 7.17. The summed E-state index contributed by atoms with van der Waals surface area (Å²) in [7, 11) is 0. The zero-order valence-corrected chi connectivity index (χ0v) is 15.7. The second kappa shape index (κ2) is 7.81. The lowest BCUT2D eigenvalue weighted by Gasteiger charge is -2.37. The fraction of sp³-hybridized carbons (Fsp3) is 0.318. The number of piperazine rings is 1. The van der Waals surface area contributed by atoms with E-state index in [1.807, 2.05) is 41.3 Å². The number of carbonyl (C=O) groups is 1. The Balaban J connectivity index is 1.33. The molecule has 2 aliphatic heterocycles. The van der Waals surface area contributed by atoms with Crippen LogP contribution in [-0.2, 0) is 11.0 Å². The fourth-order valence-corrected chi connectivity index (χ4v) is 3.64. The number of hydrogen-bond acceptors (Lipinski definition) is 3. The number of fused-ring (bicyclic) bond motifs is 1. The summed E-state index contributed by atoms with van der Waals surface area (Å²) in [5, 5.41) is 0. The van der Waals surface area contributed by atoms with Gasteiger partial charge < -0.3 is 14.5 Å². The van der Waals surface area contributed by atoms with E-state index in [1.54, 1.807) is 11.0 Å². The summed E-state index contributed by atoms with van der Waals surface area (Å²) < 4.78 is 44.7. The van der Waals surface area contributed by atoms with Gasteiger partial charge in [0.05, 0.1) is 12.0 Å². The van der Waals surface area contributed by atoms with Crippen molar-refractivity contribution >= 4 is 17.7 Å². The lowest BCUT2D eigenvalue weighted by atomic mass is 10.1. The lowest BCUT2D eigenvalue weighted by molar-refractivity contribution is -0.137. The van der Waals surface area contributed by atoms with E-state index in [0.717, 1.165) is 23.4 Å². The number of carbonyl (C=O) groups excluding carboxylic acids is 1. The van der Waals surface area contributed by atoms with Crippen LogP contribution in [0.15, 0.2) is 54.6 Å². The molecule has 29 heavy (non-hydrogen) atoms. The van der Waals surface area contributed by atoms with Crippen molar-refractivity contribution in [2.45, 2.75) is 18.7 Å². The van der Waals surface area contributed by atoms with Gasteiger partial charge >= 0.3 is 6.18 Å². The smallest absolute Gasteiger partial charge is 0.416 e. The van der Waals surface area contributed by atoms with Crippen molar-refractivity contribution in [3.8, 4) is 5.75 Å². The summed E-state index contributed by atoms with van der Waals surface area (Å²) >= 11 is 0. The number of para-hydroxylation sites is 1. The molecule has 0 radical (unpaired) electrons. The first-order chi connectivity index (χ1) is 13.9. The van der Waals surface area contributed by atoms with Crippen LogP contribution in [0.4, 0.5) is 18.9 Å². The van der Waals surface area contributed by atoms with Crippen molar-refractivity contribution < 1.29 is 22.7 Å². The topological polar surface area (TPSA) is 32.8 Å². The van der Waals surface area contributed by atoms with Crippen molar-refractivity contribution in [1.82, 2.24) is 4.90 Å². The molecule has 0 aliphatic carbocycles. The highest BCUT2D eigenvalue weighted by Crippen LogP contribution is 2.32. The van der Waals surface area contributed by atoms with Crippen molar-refractivity contribution in [3.63, 3.8) is 0 Å². The van der Waals surface area contributed by atoms with Gasteiger partial charge in [-0.1, -0.05) is 30.3 Å². The molecule has 1 amide bonds. The molecular formula is C22H21F3N2O2. The third kappa shape index (κ3) is 4.39. The number of benzene rings is 2. The van der Waals surface area contributed by atoms with E-state index in [-0.39, 0.29) is 18.4 Å². The quantitative estimate of drug-likeness (QED) is 0.771. The van der Waals surface area contributed by atoms with Crippen LogP contribution in [0.3, 0.4) is 0 Å². The standard InChI is InChI=1S/C22H21F3N2O2/c23-22(24,25)17-5-3-6-18(14-17)26-10-12-27(13-11-26)21(28)15-19-9-8-16-4-1-2-7-20(16)29-19/h1-9,14,19H,10-13,15H2. The van der Waals surface area contributed by atoms with Crippen LogP contribution in [0, 0.1) is 0 Å². The number of amides is 1. The fourth-order valence-electron chi connectivity index (χ4n) is 3.64. The number of anilines is 1. The van der Waals surface area contributed by atoms with Gasteiger partial charge in [-0.15, -0.1) is 0 Å². The largest absolute Gasteiger partial charge is 0.485 e. The minimum atomic E-state index is -4.36. The monoisotopic (exact) mass is 402 g/mol. The molecule has 1 saturated heterocycles. The van der Waals surface area contributed by atoms with Crippen molar-refractivity contribution in [2.75, 3.05) is 31.1 Å². The van der Waals surface area contributed by atoms with E-state index in [1.165, 1.54) is 6.07 Å². The predicted molar refractivity (Wildman–Crippen MR) is 105 cm³/mol. The van der Waals surface area contributed by atoms with Crippen molar-refractivity contribution in [1.29, 1.82) is 0 Å². The SMILES string of the molecule is O=C(CC1C=Cc2ccccc2O1)N1CCN(c2cccc(C(F)(F)F)c2)CC1. The van der Waals surface area contributed by atoms with Gasteiger partial charge in [0.25, 0.3) is 0 Å². The molecule has 1 unspecified atom stereocenters. The second-order valence-electron chi connectivity index (χ2n) is 7.17. The molecule has 2 aromatic rings. The summed E-state index contributed by atoms with van der Waals surface area (Å²) in [5.41, 5.74) is 0.864. The summed E-state index contributed by atoms with van der Waals surface area (Å²) in [4.78, 5) is 16.3. The van der Waals surface area contributed by atoms with Crippen molar-refractivity contribution in [3.05, 3.63) is 65.7 Å². The van der Waals surface area contributed by atoms with E-state index in [2.05, 4.69) is 0 Å². The molecule has 2 aromatic carbocycles. The van der Waals surface area contributed by atoms with Gasteiger partial charge in [-0.25, -0.2) is 0 Å². The number of ether oxygens (including phenoxy) is 1. The zero-order valence-electron chi connectivity index (χ0n) is 15.7. The maximum Gasteiger partial charge on any atom is 0.416 e. The molecule has 4 nitrogen and oxygen atoms in total. The molecular weight excluding hydrogens is 381 g/mol. The van der Waals surface area contributed by atoms with E-state index in [9.17, 15) is 18.0 Å². The van der Waals surface area contributed by atoms with Gasteiger partial charge in [0, 0.05) is 37.4 Å². The van der Waals surface area contributed by atoms with Gasteiger partial charge in [-0.05, 0) is 30.3 Å². The Bertz CT molecular complexity index is 918. The minimum absolute atomic E-state index is 0.0114. The number of rotatable bonds is 3. The molecule has 2 heterocycles. The van der Waals surface area contributed by atoms with Crippen LogP contribution in [0.2, 0.25) is 0 Å². The molecule has 2 aliphatic rings. The summed E-state index contributed by atoms with van der Waals surface area (Å²) in [6, 6.07) is 13.0. The molecule has 0 N–H and O–H groups in total. The third-order valence-corrected chi connectivity index (χ3v) is 5.23. The average Bonchev–Trinajstić information content (AvgIpc) is 2.73. The Hall–Kier alpha value is -2.96. The number of nitrogens with zero attached hydrogens (tertiary/aromatic N) is 2. The average molecular weight is 402 g/mol. The molecule has 152 valence electrons. The highest BCUT2D eigenvalue weighted by molar-refractivity contribution is 5.78. The Kier molecular flexibility index (Phi) is 5.22. The molecule has 0 aromatic heterocycles. The first-order valence-corrected chi connectivity index (χ1v) is 9.54. The summed E-state index contributed by atoms with van der Waals surface area (Å²) in [6.45, 7) is 1.94. The Morgan fingerprint density at radius 2 is 1.79 bits per heavy atom. The van der Waals surface area contributed by atoms with Crippen LogP contribution >= 0.6 is 0 Å². The highest BCUT2D eigenvalue weighted by Gasteiger charge is 2.31. The van der Waals surface area contributed by atoms with Gasteiger partial charge in [0.15, 0.2) is 0 Å². The first-order valence-electron chi connectivity index (χ1n) is 9.54. The number of hydrogen-bond donors (Lipinski definition) is 0. The Morgan fingerprint density at radius 1 is 1.03 bits per heavy atom. The van der Waals surface area contributed by atoms with Crippen LogP contribution < -0.4 is 9.64 Å². The van der Waals surface area contributed by atoms with Crippen molar-refractivity contribution in [2.24, 2.45) is 0 Å². The maximum atomic E-state index is 12.9. The zero-order chi connectivity index (χ0) is 20.4. The normalized spacial score (nSPS) is 18.9. The van der Waals surface area contributed by atoms with Gasteiger partial charge in [-0.3, -0.25) is 4.79 Å². The van der Waals surface area contributed by atoms with E-state index in [0.29, 0.717) is 31.9 Å². The first kappa shape index (κ1) is 19.4. The number of alkyl halides is 3. The summed E-state index contributed by atoms with van der Waals surface area (Å²) in [6.07, 6.45) is -0.575.